The first-order valence-electron chi connectivity index (χ1n) is 6.09. The van der Waals surface area contributed by atoms with E-state index in [1.165, 1.54) is 0 Å². The number of benzene rings is 1. The molecule has 3 amide bonds. The van der Waals surface area contributed by atoms with Crippen LogP contribution in [0.25, 0.3) is 0 Å². The molecule has 1 aromatic carbocycles. The van der Waals surface area contributed by atoms with E-state index in [-0.39, 0.29) is 11.9 Å². The van der Waals surface area contributed by atoms with E-state index in [2.05, 4.69) is 21.2 Å². The summed E-state index contributed by atoms with van der Waals surface area (Å²) in [6.45, 7) is 2.97. The number of likely N-dealkylation sites (tertiary alicyclic amines) is 1. The van der Waals surface area contributed by atoms with Gasteiger partial charge >= 0.3 is 6.03 Å². The maximum atomic E-state index is 12.1. The zero-order valence-corrected chi connectivity index (χ0v) is 12.2. The van der Waals surface area contributed by atoms with Crippen LogP contribution in [0.4, 0.5) is 4.79 Å². The van der Waals surface area contributed by atoms with Gasteiger partial charge in [0.2, 0.25) is 0 Å². The molecule has 0 aliphatic carbocycles. The van der Waals surface area contributed by atoms with Gasteiger partial charge in [-0.15, -0.1) is 0 Å². The predicted molar refractivity (Wildman–Crippen MR) is 75.9 cm³/mol. The summed E-state index contributed by atoms with van der Waals surface area (Å²) in [6, 6.07) is 5.07. The van der Waals surface area contributed by atoms with Gasteiger partial charge in [-0.25, -0.2) is 4.79 Å². The van der Waals surface area contributed by atoms with Crippen LogP contribution in [0.15, 0.2) is 22.7 Å². The minimum Gasteiger partial charge on any atom is -0.351 e. The third-order valence-electron chi connectivity index (χ3n) is 3.27. The van der Waals surface area contributed by atoms with Gasteiger partial charge in [-0.05, 0) is 37.1 Å². The third-order valence-corrected chi connectivity index (χ3v) is 3.76. The number of hydrogen-bond acceptors (Lipinski definition) is 2. The molecule has 19 heavy (non-hydrogen) atoms. The molecule has 2 rings (SSSR count). The Labute approximate surface area is 120 Å². The van der Waals surface area contributed by atoms with E-state index in [0.29, 0.717) is 18.7 Å². The lowest BCUT2D eigenvalue weighted by Crippen LogP contribution is -2.40. The van der Waals surface area contributed by atoms with Crippen molar-refractivity contribution in [3.8, 4) is 0 Å². The molecular weight excluding hydrogens is 310 g/mol. The van der Waals surface area contributed by atoms with Crippen LogP contribution in [0.5, 0.6) is 0 Å². The van der Waals surface area contributed by atoms with Crippen LogP contribution in [-0.4, -0.2) is 36.0 Å². The second-order valence-corrected chi connectivity index (χ2v) is 5.62. The zero-order chi connectivity index (χ0) is 14.0. The van der Waals surface area contributed by atoms with Gasteiger partial charge in [0, 0.05) is 29.2 Å². The average Bonchev–Trinajstić information content (AvgIpc) is 2.77. The summed E-state index contributed by atoms with van der Waals surface area (Å²) < 4.78 is 0.947. The van der Waals surface area contributed by atoms with Crippen molar-refractivity contribution in [2.75, 3.05) is 13.1 Å². The predicted octanol–water partition coefficient (Wildman–Crippen LogP) is 1.64. The highest BCUT2D eigenvalue weighted by molar-refractivity contribution is 9.10. The van der Waals surface area contributed by atoms with Gasteiger partial charge in [0.25, 0.3) is 5.91 Å². The standard InChI is InChI=1S/C13H16BrN3O2/c1-8-6-9(14)2-3-11(8)12(18)16-10-4-5-17(7-10)13(15)19/h2-3,6,10H,4-5,7H2,1H3,(H2,15,19)(H,16,18). The normalized spacial score (nSPS) is 18.4. The van der Waals surface area contributed by atoms with Crippen molar-refractivity contribution in [1.82, 2.24) is 10.2 Å². The SMILES string of the molecule is Cc1cc(Br)ccc1C(=O)NC1CCN(C(N)=O)C1. The van der Waals surface area contributed by atoms with Crippen molar-refractivity contribution >= 4 is 27.9 Å². The summed E-state index contributed by atoms with van der Waals surface area (Å²) in [4.78, 5) is 24.7. The van der Waals surface area contributed by atoms with E-state index in [1.807, 2.05) is 19.1 Å². The van der Waals surface area contributed by atoms with Crippen molar-refractivity contribution in [2.24, 2.45) is 5.73 Å². The quantitative estimate of drug-likeness (QED) is 0.867. The van der Waals surface area contributed by atoms with Gasteiger partial charge in [0.05, 0.1) is 0 Å². The number of rotatable bonds is 2. The summed E-state index contributed by atoms with van der Waals surface area (Å²) >= 11 is 3.37. The van der Waals surface area contributed by atoms with Gasteiger partial charge in [-0.3, -0.25) is 4.79 Å². The molecule has 1 fully saturated rings. The molecule has 1 saturated heterocycles. The second kappa shape index (κ2) is 5.61. The first-order valence-corrected chi connectivity index (χ1v) is 6.88. The Balaban J connectivity index is 2.00. The fourth-order valence-electron chi connectivity index (χ4n) is 2.22. The summed E-state index contributed by atoms with van der Waals surface area (Å²) in [5, 5.41) is 2.94. The van der Waals surface area contributed by atoms with E-state index in [0.717, 1.165) is 16.5 Å². The van der Waals surface area contributed by atoms with Crippen LogP contribution < -0.4 is 11.1 Å². The minimum absolute atomic E-state index is 0.0250. The molecule has 0 radical (unpaired) electrons. The molecule has 102 valence electrons. The van der Waals surface area contributed by atoms with Crippen LogP contribution in [0.2, 0.25) is 0 Å². The van der Waals surface area contributed by atoms with Crippen molar-refractivity contribution in [2.45, 2.75) is 19.4 Å². The van der Waals surface area contributed by atoms with Crippen molar-refractivity contribution in [3.63, 3.8) is 0 Å². The molecule has 0 aromatic heterocycles. The Morgan fingerprint density at radius 2 is 2.21 bits per heavy atom. The fourth-order valence-corrected chi connectivity index (χ4v) is 2.70. The molecule has 0 bridgehead atoms. The maximum Gasteiger partial charge on any atom is 0.314 e. The number of nitrogens with two attached hydrogens (primary N) is 1. The summed E-state index contributed by atoms with van der Waals surface area (Å²) in [5.41, 5.74) is 6.78. The maximum absolute atomic E-state index is 12.1. The van der Waals surface area contributed by atoms with Crippen molar-refractivity contribution in [1.29, 1.82) is 0 Å². The Bertz CT molecular complexity index is 519. The third kappa shape index (κ3) is 3.26. The minimum atomic E-state index is -0.434. The molecule has 1 heterocycles. The average molecular weight is 326 g/mol. The smallest absolute Gasteiger partial charge is 0.314 e. The van der Waals surface area contributed by atoms with Crippen molar-refractivity contribution < 1.29 is 9.59 Å². The highest BCUT2D eigenvalue weighted by Gasteiger charge is 2.26. The van der Waals surface area contributed by atoms with Crippen LogP contribution in [0, 0.1) is 6.92 Å². The lowest BCUT2D eigenvalue weighted by Gasteiger charge is -2.15. The first-order chi connectivity index (χ1) is 8.97. The number of nitrogens with one attached hydrogen (secondary N) is 1. The number of primary amides is 1. The highest BCUT2D eigenvalue weighted by Crippen LogP contribution is 2.16. The van der Waals surface area contributed by atoms with E-state index in [4.69, 9.17) is 5.73 Å². The number of nitrogens with zero attached hydrogens (tertiary/aromatic N) is 1. The largest absolute Gasteiger partial charge is 0.351 e. The number of carbonyl (C=O) groups is 2. The number of halogens is 1. The Morgan fingerprint density at radius 3 is 2.79 bits per heavy atom. The van der Waals surface area contributed by atoms with Gasteiger partial charge < -0.3 is 16.0 Å². The molecule has 1 aliphatic heterocycles. The number of amides is 3. The lowest BCUT2D eigenvalue weighted by atomic mass is 10.1. The van der Waals surface area contributed by atoms with E-state index in [9.17, 15) is 9.59 Å². The van der Waals surface area contributed by atoms with Gasteiger partial charge in [0.15, 0.2) is 0 Å². The highest BCUT2D eigenvalue weighted by atomic mass is 79.9. The summed E-state index contributed by atoms with van der Waals surface area (Å²) in [5.74, 6) is -0.110. The molecule has 0 saturated carbocycles. The van der Waals surface area contributed by atoms with Gasteiger partial charge in [0.1, 0.15) is 0 Å². The van der Waals surface area contributed by atoms with Crippen molar-refractivity contribution in [3.05, 3.63) is 33.8 Å². The molecule has 1 aromatic rings. The van der Waals surface area contributed by atoms with E-state index >= 15 is 0 Å². The number of carbonyl (C=O) groups excluding carboxylic acids is 2. The molecule has 1 unspecified atom stereocenters. The Kier molecular flexibility index (Phi) is 4.09. The number of hydrogen-bond donors (Lipinski definition) is 2. The Hall–Kier alpha value is -1.56. The van der Waals surface area contributed by atoms with E-state index in [1.54, 1.807) is 11.0 Å². The molecular formula is C13H16BrN3O2. The van der Waals surface area contributed by atoms with E-state index < -0.39 is 6.03 Å². The topological polar surface area (TPSA) is 75.4 Å². The first kappa shape index (κ1) is 13.9. The zero-order valence-electron chi connectivity index (χ0n) is 10.6. The number of urea groups is 1. The number of aryl methyl sites for hydroxylation is 1. The lowest BCUT2D eigenvalue weighted by molar-refractivity contribution is 0.0937. The van der Waals surface area contributed by atoms with Crippen LogP contribution >= 0.6 is 15.9 Å². The van der Waals surface area contributed by atoms with Gasteiger partial charge in [-0.2, -0.15) is 0 Å². The monoisotopic (exact) mass is 325 g/mol. The van der Waals surface area contributed by atoms with Crippen LogP contribution in [-0.2, 0) is 0 Å². The fraction of sp³-hybridized carbons (Fsp3) is 0.385. The van der Waals surface area contributed by atoms with Gasteiger partial charge in [-0.1, -0.05) is 15.9 Å². The second-order valence-electron chi connectivity index (χ2n) is 4.70. The molecule has 5 nitrogen and oxygen atoms in total. The molecule has 1 atom stereocenters. The Morgan fingerprint density at radius 1 is 1.47 bits per heavy atom. The molecule has 6 heteroatoms. The summed E-state index contributed by atoms with van der Waals surface area (Å²) in [7, 11) is 0. The van der Waals surface area contributed by atoms with Crippen LogP contribution in [0.1, 0.15) is 22.3 Å². The molecule has 0 spiro atoms. The van der Waals surface area contributed by atoms with Crippen LogP contribution in [0.3, 0.4) is 0 Å². The molecule has 3 N–H and O–H groups in total. The summed E-state index contributed by atoms with van der Waals surface area (Å²) in [6.07, 6.45) is 0.740. The molecule has 1 aliphatic rings.